The second-order valence-electron chi connectivity index (χ2n) is 36.4. The van der Waals surface area contributed by atoms with Crippen molar-refractivity contribution in [3.05, 3.63) is 0 Å². The highest BCUT2D eigenvalue weighted by Crippen LogP contribution is 2.70. The highest BCUT2D eigenvalue weighted by molar-refractivity contribution is 5.92. The predicted molar refractivity (Wildman–Crippen MR) is 466 cm³/mol. The normalized spacial score (nSPS) is 18.4. The summed E-state index contributed by atoms with van der Waals surface area (Å²) in [6, 6.07) is 0. The van der Waals surface area contributed by atoms with Gasteiger partial charge in [0.25, 0.3) is 0 Å². The fraction of sp³-hybridized carbons (Fsp3) is 0.969. The van der Waals surface area contributed by atoms with Crippen molar-refractivity contribution in [3.8, 4) is 0 Å². The Morgan fingerprint density at radius 3 is 0.491 bits per heavy atom. The number of nitrogens with zero attached hydrogens (tertiary/aromatic N) is 3. The van der Waals surface area contributed by atoms with Crippen LogP contribution in [0.25, 0.3) is 0 Å². The molecule has 4 saturated carbocycles. The zero-order chi connectivity index (χ0) is 76.1. The Bertz CT molecular complexity index is 1650. The predicted octanol–water partition coefficient (Wildman–Crippen LogP) is 28.1. The van der Waals surface area contributed by atoms with E-state index < -0.39 is 16.2 Å². The summed E-state index contributed by atoms with van der Waals surface area (Å²) >= 11 is 0. The summed E-state index contributed by atoms with van der Waals surface area (Å²) in [6.45, 7) is 26.5. The van der Waals surface area contributed by atoms with E-state index in [0.717, 1.165) is 77.4 Å². The summed E-state index contributed by atoms with van der Waals surface area (Å²) in [5, 5.41) is 10.7. The SMILES string of the molecule is CCCCCCCCCCCCN(CCCCCCCCCCCC)CCCCNC(=O)C12CC3CC(C(=O)NCCCCN(CCCCCCCCCCCC)CCCCCCCCCCCC)(C1)CC(C(=O)NCCCCN(CCCCCCCCCCCC)CCCCCCCCCCCC)(C3)C2. The standard InChI is InChI=1S/C97H190N6O3/c1-7-13-19-25-31-37-43-49-55-64-76-101(77-65-56-50-44-38-32-26-20-14-8-2)82-70-61-73-98-92(104)95-85-91-86-96(88-95,93(105)99-74-62-71-83-102(78-66-57-51-45-39-33-27-21-15-9-3)79-67-58-52-46-40-34-28-22-16-10-4)90-97(87-91,89-95)94(106)100-75-63-72-84-103(80-68-59-53-47-41-35-29-23-17-11-5)81-69-60-54-48-42-36-30-24-18-12-6/h91H,7-90H2,1-6H3,(H,98,104)(H,99,105)(H,100,106). The molecule has 0 aromatic carbocycles. The molecule has 4 aliphatic carbocycles. The van der Waals surface area contributed by atoms with E-state index in [1.54, 1.807) is 0 Å². The van der Waals surface area contributed by atoms with Gasteiger partial charge in [-0.05, 0) is 180 Å². The zero-order valence-corrected chi connectivity index (χ0v) is 73.0. The number of rotatable bonds is 84. The van der Waals surface area contributed by atoms with Crippen molar-refractivity contribution in [2.24, 2.45) is 22.2 Å². The molecule has 0 atom stereocenters. The van der Waals surface area contributed by atoms with E-state index >= 15 is 14.4 Å². The zero-order valence-electron chi connectivity index (χ0n) is 73.0. The summed E-state index contributed by atoms with van der Waals surface area (Å²) < 4.78 is 0. The van der Waals surface area contributed by atoms with Crippen LogP contribution in [0.2, 0.25) is 0 Å². The Labute approximate surface area is 663 Å². The Kier molecular flexibility index (Phi) is 65.0. The van der Waals surface area contributed by atoms with E-state index in [2.05, 4.69) is 72.2 Å². The van der Waals surface area contributed by atoms with Gasteiger partial charge in [-0.2, -0.15) is 0 Å². The lowest BCUT2D eigenvalue weighted by molar-refractivity contribution is -0.188. The minimum Gasteiger partial charge on any atom is -0.356 e. The Morgan fingerprint density at radius 1 is 0.208 bits per heavy atom. The molecular weight excluding hydrogens is 1300 g/mol. The molecule has 0 saturated heterocycles. The Morgan fingerprint density at radius 2 is 0.340 bits per heavy atom. The molecule has 9 nitrogen and oxygen atoms in total. The van der Waals surface area contributed by atoms with Gasteiger partial charge in [0.05, 0.1) is 16.2 Å². The van der Waals surface area contributed by atoms with Crippen LogP contribution >= 0.6 is 0 Å². The van der Waals surface area contributed by atoms with Crippen molar-refractivity contribution in [1.82, 2.24) is 30.7 Å². The van der Waals surface area contributed by atoms with Crippen LogP contribution in [0.3, 0.4) is 0 Å². The molecular formula is C97H190N6O3. The van der Waals surface area contributed by atoms with E-state index in [1.807, 2.05) is 0 Å². The van der Waals surface area contributed by atoms with Crippen LogP contribution in [-0.4, -0.2) is 111 Å². The number of amides is 3. The third-order valence-electron chi connectivity index (χ3n) is 26.0. The third kappa shape index (κ3) is 49.7. The molecule has 106 heavy (non-hydrogen) atoms. The maximum absolute atomic E-state index is 15.2. The lowest BCUT2D eigenvalue weighted by Crippen LogP contribution is -2.67. The van der Waals surface area contributed by atoms with Crippen molar-refractivity contribution >= 4 is 17.7 Å². The molecule has 0 aliphatic heterocycles. The summed E-state index contributed by atoms with van der Waals surface area (Å²) in [7, 11) is 0. The molecule has 0 spiro atoms. The van der Waals surface area contributed by atoms with E-state index in [4.69, 9.17) is 0 Å². The number of carbonyl (C=O) groups excluding carboxylic acids is 3. The molecule has 3 N–H and O–H groups in total. The molecule has 9 heteroatoms. The van der Waals surface area contributed by atoms with E-state index in [9.17, 15) is 0 Å². The van der Waals surface area contributed by atoms with E-state index in [1.165, 1.54) is 425 Å². The van der Waals surface area contributed by atoms with Gasteiger partial charge in [0.1, 0.15) is 0 Å². The molecule has 0 aromatic rings. The van der Waals surface area contributed by atoms with Gasteiger partial charge in [-0.1, -0.05) is 388 Å². The summed E-state index contributed by atoms with van der Waals surface area (Å²) in [6.07, 6.45) is 92.9. The number of hydrogen-bond acceptors (Lipinski definition) is 6. The van der Waals surface area contributed by atoms with E-state index in [-0.39, 0.29) is 23.6 Å². The molecule has 0 aromatic heterocycles. The van der Waals surface area contributed by atoms with Gasteiger partial charge in [0, 0.05) is 19.6 Å². The second kappa shape index (κ2) is 70.0. The maximum atomic E-state index is 15.2. The first-order valence-electron chi connectivity index (χ1n) is 49.2. The fourth-order valence-corrected chi connectivity index (χ4v) is 19.7. The van der Waals surface area contributed by atoms with Gasteiger partial charge in [0.2, 0.25) is 17.7 Å². The van der Waals surface area contributed by atoms with Gasteiger partial charge in [0.15, 0.2) is 0 Å². The first-order valence-corrected chi connectivity index (χ1v) is 49.2. The van der Waals surface area contributed by atoms with Crippen LogP contribution in [-0.2, 0) is 14.4 Å². The van der Waals surface area contributed by atoms with Crippen molar-refractivity contribution in [1.29, 1.82) is 0 Å². The largest absolute Gasteiger partial charge is 0.356 e. The van der Waals surface area contributed by atoms with Crippen LogP contribution < -0.4 is 16.0 Å². The van der Waals surface area contributed by atoms with Crippen LogP contribution in [0.1, 0.15) is 504 Å². The number of hydrogen-bond donors (Lipinski definition) is 3. The fourth-order valence-electron chi connectivity index (χ4n) is 19.7. The quantitative estimate of drug-likeness (QED) is 0.0525. The third-order valence-corrected chi connectivity index (χ3v) is 26.0. The maximum Gasteiger partial charge on any atom is 0.226 e. The first-order chi connectivity index (χ1) is 52.1. The molecule has 4 rings (SSSR count). The number of unbranched alkanes of at least 4 members (excludes halogenated alkanes) is 57. The summed E-state index contributed by atoms with van der Waals surface area (Å²) in [5.41, 5.74) is -2.05. The summed E-state index contributed by atoms with van der Waals surface area (Å²) in [4.78, 5) is 54.0. The Hall–Kier alpha value is -1.71. The Balaban J connectivity index is 1.69. The lowest BCUT2D eigenvalue weighted by atomic mass is 9.39. The van der Waals surface area contributed by atoms with Crippen LogP contribution in [0.15, 0.2) is 0 Å². The monoisotopic (exact) mass is 1490 g/mol. The van der Waals surface area contributed by atoms with Crippen LogP contribution in [0.4, 0.5) is 0 Å². The molecule has 4 fully saturated rings. The van der Waals surface area contributed by atoms with Crippen molar-refractivity contribution in [2.75, 3.05) is 78.5 Å². The highest BCUT2D eigenvalue weighted by Gasteiger charge is 2.69. The van der Waals surface area contributed by atoms with Gasteiger partial charge in [-0.25, -0.2) is 0 Å². The van der Waals surface area contributed by atoms with Crippen LogP contribution in [0.5, 0.6) is 0 Å². The van der Waals surface area contributed by atoms with Gasteiger partial charge in [-0.3, -0.25) is 14.4 Å². The molecule has 0 radical (unpaired) electrons. The highest BCUT2D eigenvalue weighted by atomic mass is 16.2. The average Bonchev–Trinajstić information content (AvgIpc) is 0.691. The smallest absolute Gasteiger partial charge is 0.226 e. The lowest BCUT2D eigenvalue weighted by Gasteiger charge is -2.64. The van der Waals surface area contributed by atoms with Crippen LogP contribution in [0, 0.1) is 22.2 Å². The van der Waals surface area contributed by atoms with Gasteiger partial charge in [-0.15, -0.1) is 0 Å². The minimum atomic E-state index is -0.682. The van der Waals surface area contributed by atoms with Crippen molar-refractivity contribution < 1.29 is 14.4 Å². The second-order valence-corrected chi connectivity index (χ2v) is 36.4. The number of carbonyl (C=O) groups is 3. The van der Waals surface area contributed by atoms with Gasteiger partial charge >= 0.3 is 0 Å². The average molecular weight is 1490 g/mol. The molecule has 4 bridgehead atoms. The van der Waals surface area contributed by atoms with Crippen molar-refractivity contribution in [3.63, 3.8) is 0 Å². The molecule has 0 heterocycles. The summed E-state index contributed by atoms with van der Waals surface area (Å²) in [5.74, 6) is 0.606. The molecule has 4 aliphatic rings. The molecule has 626 valence electrons. The molecule has 3 amide bonds. The molecule has 0 unspecified atom stereocenters. The minimum absolute atomic E-state index is 0.133. The number of nitrogens with one attached hydrogen (secondary N) is 3. The van der Waals surface area contributed by atoms with Crippen molar-refractivity contribution in [2.45, 2.75) is 504 Å². The first kappa shape index (κ1) is 98.5. The van der Waals surface area contributed by atoms with E-state index in [0.29, 0.717) is 38.9 Å². The van der Waals surface area contributed by atoms with Gasteiger partial charge < -0.3 is 30.7 Å². The topological polar surface area (TPSA) is 97.0 Å².